The number of likely N-dealkylation sites (tertiary alicyclic amines) is 2. The lowest BCUT2D eigenvalue weighted by atomic mass is 9.79. The van der Waals surface area contributed by atoms with Crippen LogP contribution in [-0.2, 0) is 6.54 Å². The fourth-order valence-electron chi connectivity index (χ4n) is 4.10. The molecule has 126 valence electrons. The molecule has 2 fully saturated rings. The first-order chi connectivity index (χ1) is 11.7. The summed E-state index contributed by atoms with van der Waals surface area (Å²) < 4.78 is 5.18. The highest BCUT2D eigenvalue weighted by atomic mass is 16.3. The molecule has 0 bridgehead atoms. The van der Waals surface area contributed by atoms with Gasteiger partial charge in [0.2, 0.25) is 0 Å². The largest absolute Gasteiger partial charge is 0.472 e. The average molecular weight is 326 g/mol. The fourth-order valence-corrected chi connectivity index (χ4v) is 4.10. The third-order valence-corrected chi connectivity index (χ3v) is 5.23. The maximum atomic E-state index is 12.6. The molecule has 4 heterocycles. The highest BCUT2D eigenvalue weighted by molar-refractivity contribution is 5.92. The molecule has 4 rings (SSSR count). The highest BCUT2D eigenvalue weighted by Crippen LogP contribution is 2.39. The molecule has 2 aliphatic heterocycles. The summed E-state index contributed by atoms with van der Waals surface area (Å²) in [7, 11) is 0. The molecule has 2 aliphatic rings. The molecule has 0 radical (unpaired) electrons. The summed E-state index contributed by atoms with van der Waals surface area (Å²) in [6.45, 7) is 4.73. The Bertz CT molecular complexity index is 688. The van der Waals surface area contributed by atoms with Crippen LogP contribution in [0.2, 0.25) is 0 Å². The number of piperidine rings is 1. The van der Waals surface area contributed by atoms with Crippen LogP contribution in [0.1, 0.15) is 35.3 Å². The molecule has 2 saturated heterocycles. The van der Waals surface area contributed by atoms with E-state index in [9.17, 15) is 4.79 Å². The topological polar surface area (TPSA) is 62.5 Å². The zero-order chi connectivity index (χ0) is 16.4. The second kappa shape index (κ2) is 6.36. The van der Waals surface area contributed by atoms with E-state index in [4.69, 9.17) is 4.42 Å². The van der Waals surface area contributed by atoms with Gasteiger partial charge in [0.05, 0.1) is 18.7 Å². The Kier molecular flexibility index (Phi) is 4.06. The van der Waals surface area contributed by atoms with Crippen molar-refractivity contribution in [2.45, 2.75) is 25.8 Å². The van der Waals surface area contributed by atoms with Crippen LogP contribution in [0.4, 0.5) is 0 Å². The van der Waals surface area contributed by atoms with Gasteiger partial charge in [-0.15, -0.1) is 0 Å². The minimum Gasteiger partial charge on any atom is -0.472 e. The van der Waals surface area contributed by atoms with Gasteiger partial charge in [0.25, 0.3) is 5.91 Å². The molecular formula is C18H22N4O2. The van der Waals surface area contributed by atoms with Crippen LogP contribution in [0, 0.1) is 5.41 Å². The smallest absolute Gasteiger partial charge is 0.274 e. The van der Waals surface area contributed by atoms with Gasteiger partial charge >= 0.3 is 0 Å². The Labute approximate surface area is 141 Å². The quantitative estimate of drug-likeness (QED) is 0.865. The normalized spacial score (nSPS) is 24.6. The van der Waals surface area contributed by atoms with Gasteiger partial charge in [-0.3, -0.25) is 14.7 Å². The summed E-state index contributed by atoms with van der Waals surface area (Å²) >= 11 is 0. The first-order valence-electron chi connectivity index (χ1n) is 8.53. The summed E-state index contributed by atoms with van der Waals surface area (Å²) in [5.41, 5.74) is 1.89. The second-order valence-electron chi connectivity index (χ2n) is 7.01. The lowest BCUT2D eigenvalue weighted by Gasteiger charge is -2.40. The van der Waals surface area contributed by atoms with Crippen LogP contribution in [0.25, 0.3) is 0 Å². The fraction of sp³-hybridized carbons (Fsp3) is 0.500. The van der Waals surface area contributed by atoms with Crippen LogP contribution >= 0.6 is 0 Å². The van der Waals surface area contributed by atoms with Gasteiger partial charge in [0.15, 0.2) is 0 Å². The predicted molar refractivity (Wildman–Crippen MR) is 88.2 cm³/mol. The molecule has 1 unspecified atom stereocenters. The van der Waals surface area contributed by atoms with Crippen molar-refractivity contribution in [1.82, 2.24) is 19.8 Å². The molecule has 6 nitrogen and oxygen atoms in total. The van der Waals surface area contributed by atoms with Crippen molar-refractivity contribution in [3.8, 4) is 0 Å². The monoisotopic (exact) mass is 326 g/mol. The summed E-state index contributed by atoms with van der Waals surface area (Å²) in [5, 5.41) is 0. The number of hydrogen-bond donors (Lipinski definition) is 0. The first-order valence-corrected chi connectivity index (χ1v) is 8.53. The highest BCUT2D eigenvalue weighted by Gasteiger charge is 2.43. The van der Waals surface area contributed by atoms with E-state index in [1.54, 1.807) is 24.9 Å². The number of nitrogens with zero attached hydrogens (tertiary/aromatic N) is 4. The van der Waals surface area contributed by atoms with E-state index in [1.165, 1.54) is 18.4 Å². The number of rotatable bonds is 3. The second-order valence-corrected chi connectivity index (χ2v) is 7.01. The van der Waals surface area contributed by atoms with Gasteiger partial charge in [-0.25, -0.2) is 4.98 Å². The van der Waals surface area contributed by atoms with E-state index in [2.05, 4.69) is 14.9 Å². The molecule has 1 spiro atoms. The van der Waals surface area contributed by atoms with E-state index in [1.807, 2.05) is 17.2 Å². The zero-order valence-electron chi connectivity index (χ0n) is 13.7. The summed E-state index contributed by atoms with van der Waals surface area (Å²) in [6.07, 6.45) is 11.7. The van der Waals surface area contributed by atoms with Gasteiger partial charge in [0, 0.05) is 49.6 Å². The Morgan fingerprint density at radius 1 is 1.25 bits per heavy atom. The van der Waals surface area contributed by atoms with Crippen molar-refractivity contribution < 1.29 is 9.21 Å². The number of carbonyl (C=O) groups is 1. The van der Waals surface area contributed by atoms with E-state index in [0.29, 0.717) is 5.69 Å². The minimum atomic E-state index is 0.00642. The maximum Gasteiger partial charge on any atom is 0.274 e. The molecule has 6 heteroatoms. The molecule has 1 atom stereocenters. The molecule has 2 aromatic rings. The van der Waals surface area contributed by atoms with Crippen molar-refractivity contribution >= 4 is 5.91 Å². The molecule has 0 aromatic carbocycles. The Morgan fingerprint density at radius 3 is 3.00 bits per heavy atom. The van der Waals surface area contributed by atoms with Crippen LogP contribution < -0.4 is 0 Å². The van der Waals surface area contributed by atoms with Crippen molar-refractivity contribution in [1.29, 1.82) is 0 Å². The van der Waals surface area contributed by atoms with Crippen molar-refractivity contribution in [2.24, 2.45) is 5.41 Å². The Hall–Kier alpha value is -2.21. The SMILES string of the molecule is O=C(c1cnccn1)N1CCC2(CCCN(Cc3ccoc3)C2)C1. The minimum absolute atomic E-state index is 0.00642. The lowest BCUT2D eigenvalue weighted by Crippen LogP contribution is -2.45. The third kappa shape index (κ3) is 3.06. The summed E-state index contributed by atoms with van der Waals surface area (Å²) in [4.78, 5) is 25.2. The molecule has 2 aromatic heterocycles. The Morgan fingerprint density at radius 2 is 2.21 bits per heavy atom. The van der Waals surface area contributed by atoms with Gasteiger partial charge < -0.3 is 9.32 Å². The molecule has 0 aliphatic carbocycles. The van der Waals surface area contributed by atoms with Gasteiger partial charge in [0.1, 0.15) is 5.69 Å². The van der Waals surface area contributed by atoms with E-state index in [0.717, 1.165) is 39.1 Å². The number of hydrogen-bond acceptors (Lipinski definition) is 5. The Balaban J connectivity index is 1.42. The zero-order valence-corrected chi connectivity index (χ0v) is 13.7. The third-order valence-electron chi connectivity index (χ3n) is 5.23. The van der Waals surface area contributed by atoms with Crippen molar-refractivity contribution in [3.05, 3.63) is 48.4 Å². The molecule has 0 N–H and O–H groups in total. The van der Waals surface area contributed by atoms with Crippen LogP contribution in [0.15, 0.2) is 41.6 Å². The van der Waals surface area contributed by atoms with Gasteiger partial charge in [-0.05, 0) is 31.9 Å². The van der Waals surface area contributed by atoms with E-state index < -0.39 is 0 Å². The molecule has 0 saturated carbocycles. The van der Waals surface area contributed by atoms with E-state index >= 15 is 0 Å². The number of aromatic nitrogens is 2. The van der Waals surface area contributed by atoms with Crippen LogP contribution in [0.5, 0.6) is 0 Å². The molecule has 24 heavy (non-hydrogen) atoms. The summed E-state index contributed by atoms with van der Waals surface area (Å²) in [5.74, 6) is 0.00642. The van der Waals surface area contributed by atoms with Crippen molar-refractivity contribution in [2.75, 3.05) is 26.2 Å². The van der Waals surface area contributed by atoms with Crippen molar-refractivity contribution in [3.63, 3.8) is 0 Å². The van der Waals surface area contributed by atoms with Crippen LogP contribution in [-0.4, -0.2) is 51.9 Å². The van der Waals surface area contributed by atoms with E-state index in [-0.39, 0.29) is 11.3 Å². The number of furan rings is 1. The molecular weight excluding hydrogens is 304 g/mol. The van der Waals surface area contributed by atoms with Gasteiger partial charge in [-0.1, -0.05) is 0 Å². The standard InChI is InChI=1S/C18H22N4O2/c23-17(16-10-19-5-6-20-16)22-8-4-18(14-22)3-1-7-21(13-18)11-15-2-9-24-12-15/h2,5-6,9-10,12H,1,3-4,7-8,11,13-14H2. The lowest BCUT2D eigenvalue weighted by molar-refractivity contribution is 0.0670. The summed E-state index contributed by atoms with van der Waals surface area (Å²) in [6, 6.07) is 2.03. The van der Waals surface area contributed by atoms with Crippen LogP contribution in [0.3, 0.4) is 0 Å². The maximum absolute atomic E-state index is 12.6. The number of carbonyl (C=O) groups excluding carboxylic acids is 1. The first kappa shape index (κ1) is 15.3. The van der Waals surface area contributed by atoms with Gasteiger partial charge in [-0.2, -0.15) is 0 Å². The molecule has 1 amide bonds. The average Bonchev–Trinajstić information content (AvgIpc) is 3.26. The number of amides is 1. The predicted octanol–water partition coefficient (Wildman–Crippen LogP) is 2.20.